The molecule has 2 rings (SSSR count). The second-order valence-corrected chi connectivity index (χ2v) is 4.98. The van der Waals surface area contributed by atoms with Crippen LogP contribution in [0.15, 0.2) is 45.7 Å². The molecule has 1 atom stereocenters. The van der Waals surface area contributed by atoms with Crippen LogP contribution < -0.4 is 0 Å². The molecule has 2 heterocycles. The quantitative estimate of drug-likeness (QED) is 0.911. The lowest BCUT2D eigenvalue weighted by molar-refractivity contribution is 0.214. The molecule has 0 radical (unpaired) electrons. The standard InChI is InChI=1S/C11H8Br2N2O/c12-8-4-9(13)10(15-6-8)11(16)7-2-1-3-14-5-7/h1-6,11,16H. The Morgan fingerprint density at radius 2 is 2.06 bits per heavy atom. The van der Waals surface area contributed by atoms with Gasteiger partial charge in [0.05, 0.1) is 5.69 Å². The highest BCUT2D eigenvalue weighted by Crippen LogP contribution is 2.28. The highest BCUT2D eigenvalue weighted by Gasteiger charge is 2.15. The molecule has 5 heteroatoms. The SMILES string of the molecule is OC(c1cccnc1)c1ncc(Br)cc1Br. The van der Waals surface area contributed by atoms with Crippen molar-refractivity contribution in [2.45, 2.75) is 6.10 Å². The molecule has 1 unspecified atom stereocenters. The molecule has 0 aliphatic rings. The largest absolute Gasteiger partial charge is 0.382 e. The van der Waals surface area contributed by atoms with Gasteiger partial charge in [0, 0.05) is 33.1 Å². The Hall–Kier alpha value is -0.780. The minimum atomic E-state index is -0.767. The van der Waals surface area contributed by atoms with Crippen molar-refractivity contribution in [2.24, 2.45) is 0 Å². The van der Waals surface area contributed by atoms with Gasteiger partial charge >= 0.3 is 0 Å². The second kappa shape index (κ2) is 5.03. The van der Waals surface area contributed by atoms with Gasteiger partial charge in [-0.3, -0.25) is 9.97 Å². The Labute approximate surface area is 110 Å². The molecule has 0 spiro atoms. The summed E-state index contributed by atoms with van der Waals surface area (Å²) in [6.45, 7) is 0. The van der Waals surface area contributed by atoms with E-state index in [0.29, 0.717) is 5.69 Å². The van der Waals surface area contributed by atoms with Crippen LogP contribution in [0.5, 0.6) is 0 Å². The minimum absolute atomic E-state index is 0.580. The van der Waals surface area contributed by atoms with Gasteiger partial charge in [-0.25, -0.2) is 0 Å². The maximum Gasteiger partial charge on any atom is 0.124 e. The third kappa shape index (κ3) is 2.48. The van der Waals surface area contributed by atoms with Gasteiger partial charge in [-0.05, 0) is 44.0 Å². The van der Waals surface area contributed by atoms with Crippen LogP contribution >= 0.6 is 31.9 Å². The van der Waals surface area contributed by atoms with Crippen LogP contribution in [-0.2, 0) is 0 Å². The van der Waals surface area contributed by atoms with Gasteiger partial charge in [-0.1, -0.05) is 6.07 Å². The normalized spacial score (nSPS) is 12.4. The Bertz CT molecular complexity index is 491. The molecule has 1 N–H and O–H groups in total. The van der Waals surface area contributed by atoms with Crippen LogP contribution in [0.1, 0.15) is 17.4 Å². The van der Waals surface area contributed by atoms with Crippen LogP contribution in [-0.4, -0.2) is 15.1 Å². The topological polar surface area (TPSA) is 46.0 Å². The van der Waals surface area contributed by atoms with Crippen LogP contribution in [0.25, 0.3) is 0 Å². The van der Waals surface area contributed by atoms with Crippen LogP contribution in [0.4, 0.5) is 0 Å². The summed E-state index contributed by atoms with van der Waals surface area (Å²) in [5.74, 6) is 0. The number of aliphatic hydroxyl groups excluding tert-OH is 1. The van der Waals surface area contributed by atoms with Crippen molar-refractivity contribution in [2.75, 3.05) is 0 Å². The van der Waals surface area contributed by atoms with Crippen molar-refractivity contribution < 1.29 is 5.11 Å². The number of hydrogen-bond acceptors (Lipinski definition) is 3. The monoisotopic (exact) mass is 342 g/mol. The van der Waals surface area contributed by atoms with Crippen molar-refractivity contribution in [3.8, 4) is 0 Å². The highest BCUT2D eigenvalue weighted by atomic mass is 79.9. The minimum Gasteiger partial charge on any atom is -0.382 e. The van der Waals surface area contributed by atoms with E-state index in [0.717, 1.165) is 14.5 Å². The fourth-order valence-corrected chi connectivity index (χ4v) is 2.53. The summed E-state index contributed by atoms with van der Waals surface area (Å²) < 4.78 is 1.62. The first-order valence-corrected chi connectivity index (χ1v) is 6.16. The fraction of sp³-hybridized carbons (Fsp3) is 0.0909. The molecular formula is C11H8Br2N2O. The first-order chi connectivity index (χ1) is 7.68. The van der Waals surface area contributed by atoms with E-state index in [9.17, 15) is 5.11 Å². The van der Waals surface area contributed by atoms with E-state index in [1.165, 1.54) is 0 Å². The molecule has 0 bridgehead atoms. The van der Waals surface area contributed by atoms with E-state index in [2.05, 4.69) is 41.8 Å². The van der Waals surface area contributed by atoms with Gasteiger partial charge in [-0.2, -0.15) is 0 Å². The summed E-state index contributed by atoms with van der Waals surface area (Å²) in [4.78, 5) is 8.15. The van der Waals surface area contributed by atoms with E-state index in [4.69, 9.17) is 0 Å². The third-order valence-electron chi connectivity index (χ3n) is 2.10. The lowest BCUT2D eigenvalue weighted by Crippen LogP contribution is -2.03. The summed E-state index contributed by atoms with van der Waals surface area (Å²) in [6.07, 6.45) is 4.18. The van der Waals surface area contributed by atoms with Crippen LogP contribution in [0, 0.1) is 0 Å². The number of rotatable bonds is 2. The zero-order chi connectivity index (χ0) is 11.5. The Morgan fingerprint density at radius 3 is 2.69 bits per heavy atom. The van der Waals surface area contributed by atoms with Gasteiger partial charge in [0.2, 0.25) is 0 Å². The Morgan fingerprint density at radius 1 is 1.25 bits per heavy atom. The van der Waals surface area contributed by atoms with Crippen molar-refractivity contribution >= 4 is 31.9 Å². The van der Waals surface area contributed by atoms with E-state index < -0.39 is 6.10 Å². The van der Waals surface area contributed by atoms with Crippen molar-refractivity contribution in [1.82, 2.24) is 9.97 Å². The first-order valence-electron chi connectivity index (χ1n) is 4.57. The van der Waals surface area contributed by atoms with Gasteiger partial charge in [-0.15, -0.1) is 0 Å². The maximum atomic E-state index is 10.1. The van der Waals surface area contributed by atoms with E-state index >= 15 is 0 Å². The summed E-state index contributed by atoms with van der Waals surface area (Å²) in [5, 5.41) is 10.1. The molecular weight excluding hydrogens is 336 g/mol. The molecule has 3 nitrogen and oxygen atoms in total. The number of hydrogen-bond donors (Lipinski definition) is 1. The van der Waals surface area contributed by atoms with E-state index in [1.54, 1.807) is 24.7 Å². The Kier molecular flexibility index (Phi) is 3.68. The molecule has 0 saturated carbocycles. The summed E-state index contributed by atoms with van der Waals surface area (Å²) >= 11 is 6.69. The maximum absolute atomic E-state index is 10.1. The molecule has 0 fully saturated rings. The predicted molar refractivity (Wildman–Crippen MR) is 67.9 cm³/mol. The number of aliphatic hydroxyl groups is 1. The number of pyridine rings is 2. The average Bonchev–Trinajstić information content (AvgIpc) is 2.29. The second-order valence-electron chi connectivity index (χ2n) is 3.21. The number of halogens is 2. The predicted octanol–water partition coefficient (Wildman–Crippen LogP) is 3.08. The zero-order valence-electron chi connectivity index (χ0n) is 8.14. The van der Waals surface area contributed by atoms with Gasteiger partial charge < -0.3 is 5.11 Å². The van der Waals surface area contributed by atoms with Gasteiger partial charge in [0.25, 0.3) is 0 Å². The lowest BCUT2D eigenvalue weighted by atomic mass is 10.1. The highest BCUT2D eigenvalue weighted by molar-refractivity contribution is 9.11. The van der Waals surface area contributed by atoms with Gasteiger partial charge in [0.15, 0.2) is 0 Å². The summed E-state index contributed by atoms with van der Waals surface area (Å²) in [7, 11) is 0. The molecule has 0 aromatic carbocycles. The molecule has 16 heavy (non-hydrogen) atoms. The van der Waals surface area contributed by atoms with E-state index in [1.807, 2.05) is 12.1 Å². The molecule has 0 amide bonds. The molecule has 82 valence electrons. The first kappa shape index (κ1) is 11.7. The molecule has 0 aliphatic carbocycles. The van der Waals surface area contributed by atoms with E-state index in [-0.39, 0.29) is 0 Å². The van der Waals surface area contributed by atoms with Crippen molar-refractivity contribution in [1.29, 1.82) is 0 Å². The summed E-state index contributed by atoms with van der Waals surface area (Å²) in [6, 6.07) is 5.45. The van der Waals surface area contributed by atoms with Gasteiger partial charge in [0.1, 0.15) is 6.10 Å². The van der Waals surface area contributed by atoms with Crippen LogP contribution in [0.2, 0.25) is 0 Å². The number of aromatic nitrogens is 2. The summed E-state index contributed by atoms with van der Waals surface area (Å²) in [5.41, 5.74) is 1.30. The average molecular weight is 344 g/mol. The number of nitrogens with zero attached hydrogens (tertiary/aromatic N) is 2. The smallest absolute Gasteiger partial charge is 0.124 e. The molecule has 0 aliphatic heterocycles. The van der Waals surface area contributed by atoms with Crippen molar-refractivity contribution in [3.05, 3.63) is 57.0 Å². The van der Waals surface area contributed by atoms with Crippen molar-refractivity contribution in [3.63, 3.8) is 0 Å². The molecule has 0 saturated heterocycles. The zero-order valence-corrected chi connectivity index (χ0v) is 11.3. The van der Waals surface area contributed by atoms with Crippen LogP contribution in [0.3, 0.4) is 0 Å². The molecule has 2 aromatic heterocycles. The lowest BCUT2D eigenvalue weighted by Gasteiger charge is -2.11. The Balaban J connectivity index is 2.38. The molecule has 2 aromatic rings. The third-order valence-corrected chi connectivity index (χ3v) is 3.16. The fourth-order valence-electron chi connectivity index (χ4n) is 1.32.